The van der Waals surface area contributed by atoms with E-state index in [4.69, 9.17) is 5.73 Å². The molecule has 6 heteroatoms. The van der Waals surface area contributed by atoms with Crippen LogP contribution < -0.4 is 11.1 Å². The van der Waals surface area contributed by atoms with Gasteiger partial charge in [-0.3, -0.25) is 4.79 Å². The average molecular weight is 303 g/mol. The van der Waals surface area contributed by atoms with Gasteiger partial charge >= 0.3 is 0 Å². The molecule has 4 nitrogen and oxygen atoms in total. The van der Waals surface area contributed by atoms with Crippen LogP contribution >= 0.6 is 11.8 Å². The van der Waals surface area contributed by atoms with Gasteiger partial charge in [0.1, 0.15) is 11.5 Å². The summed E-state index contributed by atoms with van der Waals surface area (Å²) in [6, 6.07) is 7.71. The Morgan fingerprint density at radius 1 is 1.38 bits per heavy atom. The van der Waals surface area contributed by atoms with Gasteiger partial charge in [0.25, 0.3) is 5.91 Å². The molecule has 108 valence electrons. The van der Waals surface area contributed by atoms with Gasteiger partial charge in [0.2, 0.25) is 0 Å². The number of carbonyl (C=O) groups is 1. The molecule has 3 rings (SSSR count). The van der Waals surface area contributed by atoms with Gasteiger partial charge in [0, 0.05) is 10.6 Å². The first-order valence-electron chi connectivity index (χ1n) is 6.58. The second-order valence-corrected chi connectivity index (χ2v) is 5.96. The van der Waals surface area contributed by atoms with Crippen LogP contribution in [0.3, 0.4) is 0 Å². The van der Waals surface area contributed by atoms with E-state index in [1.807, 2.05) is 0 Å². The fourth-order valence-electron chi connectivity index (χ4n) is 2.29. The van der Waals surface area contributed by atoms with Crippen molar-refractivity contribution in [3.63, 3.8) is 0 Å². The van der Waals surface area contributed by atoms with Crippen molar-refractivity contribution in [2.24, 2.45) is 0 Å². The number of hydrogen-bond donors (Lipinski definition) is 2. The van der Waals surface area contributed by atoms with E-state index in [1.54, 1.807) is 30.0 Å². The summed E-state index contributed by atoms with van der Waals surface area (Å²) in [5, 5.41) is 2.92. The van der Waals surface area contributed by atoms with Crippen molar-refractivity contribution in [3.8, 4) is 0 Å². The highest BCUT2D eigenvalue weighted by Crippen LogP contribution is 2.36. The summed E-state index contributed by atoms with van der Waals surface area (Å²) < 4.78 is 13.4. The molecule has 1 unspecified atom stereocenters. The molecule has 0 spiro atoms. The second kappa shape index (κ2) is 5.73. The summed E-state index contributed by atoms with van der Waals surface area (Å²) in [5.41, 5.74) is 7.19. The first kappa shape index (κ1) is 13.9. The Labute approximate surface area is 126 Å². The van der Waals surface area contributed by atoms with Crippen molar-refractivity contribution in [2.45, 2.75) is 17.4 Å². The van der Waals surface area contributed by atoms with Crippen LogP contribution in [0.2, 0.25) is 0 Å². The van der Waals surface area contributed by atoms with Gasteiger partial charge in [0.05, 0.1) is 17.9 Å². The van der Waals surface area contributed by atoms with Crippen molar-refractivity contribution in [1.29, 1.82) is 0 Å². The van der Waals surface area contributed by atoms with Gasteiger partial charge in [-0.15, -0.1) is 11.8 Å². The molecule has 1 aliphatic rings. The highest BCUT2D eigenvalue weighted by Gasteiger charge is 2.23. The maximum Gasteiger partial charge on any atom is 0.270 e. The molecule has 3 N–H and O–H groups in total. The lowest BCUT2D eigenvalue weighted by Gasteiger charge is -2.25. The Kier molecular flexibility index (Phi) is 3.79. The predicted molar refractivity (Wildman–Crippen MR) is 80.6 cm³/mol. The summed E-state index contributed by atoms with van der Waals surface area (Å²) >= 11 is 1.68. The summed E-state index contributed by atoms with van der Waals surface area (Å²) in [6.45, 7) is 0. The fourth-order valence-corrected chi connectivity index (χ4v) is 3.39. The molecule has 1 atom stereocenters. The van der Waals surface area contributed by atoms with Crippen molar-refractivity contribution in [1.82, 2.24) is 10.3 Å². The van der Waals surface area contributed by atoms with Crippen molar-refractivity contribution >= 4 is 23.4 Å². The molecule has 0 radical (unpaired) electrons. The molecule has 2 heterocycles. The summed E-state index contributed by atoms with van der Waals surface area (Å²) in [6.07, 6.45) is 2.21. The molecule has 0 fully saturated rings. The van der Waals surface area contributed by atoms with Crippen molar-refractivity contribution in [2.75, 3.05) is 11.5 Å². The number of aromatic nitrogens is 1. The average Bonchev–Trinajstić information content (AvgIpc) is 2.48. The van der Waals surface area contributed by atoms with Gasteiger partial charge < -0.3 is 11.1 Å². The van der Waals surface area contributed by atoms with E-state index < -0.39 is 0 Å². The zero-order valence-corrected chi connectivity index (χ0v) is 12.0. The van der Waals surface area contributed by atoms with Crippen LogP contribution in [-0.2, 0) is 0 Å². The smallest absolute Gasteiger partial charge is 0.270 e. The summed E-state index contributed by atoms with van der Waals surface area (Å²) in [7, 11) is 0. The van der Waals surface area contributed by atoms with Gasteiger partial charge in [-0.05, 0) is 42.3 Å². The first-order valence-corrected chi connectivity index (χ1v) is 7.56. The Bertz CT molecular complexity index is 675. The maximum absolute atomic E-state index is 13.4. The molecule has 0 saturated heterocycles. The molecule has 1 amide bonds. The van der Waals surface area contributed by atoms with Gasteiger partial charge in [-0.1, -0.05) is 0 Å². The van der Waals surface area contributed by atoms with Crippen LogP contribution in [0.5, 0.6) is 0 Å². The van der Waals surface area contributed by atoms with E-state index in [0.29, 0.717) is 11.4 Å². The third-order valence-corrected chi connectivity index (χ3v) is 4.46. The normalized spacial score (nSPS) is 17.1. The highest BCUT2D eigenvalue weighted by atomic mass is 32.2. The number of amides is 1. The number of nitrogens with zero attached hydrogens (tertiary/aromatic N) is 1. The zero-order chi connectivity index (χ0) is 14.8. The van der Waals surface area contributed by atoms with Gasteiger partial charge in [0.15, 0.2) is 0 Å². The van der Waals surface area contributed by atoms with E-state index in [0.717, 1.165) is 22.6 Å². The lowest BCUT2D eigenvalue weighted by atomic mass is 10.0. The maximum atomic E-state index is 13.4. The van der Waals surface area contributed by atoms with E-state index in [9.17, 15) is 9.18 Å². The predicted octanol–water partition coefficient (Wildman–Crippen LogP) is 2.77. The summed E-state index contributed by atoms with van der Waals surface area (Å²) in [4.78, 5) is 17.2. The lowest BCUT2D eigenvalue weighted by Crippen LogP contribution is -2.31. The van der Waals surface area contributed by atoms with Crippen LogP contribution in [0.1, 0.15) is 28.5 Å². The number of nitrogen functional groups attached to an aromatic ring is 1. The SMILES string of the molecule is Nc1ccc(C(=O)NC2CCSc3ccc(F)cc32)nc1. The molecular weight excluding hydrogens is 289 g/mol. The van der Waals surface area contributed by atoms with Crippen LogP contribution in [0.15, 0.2) is 41.4 Å². The molecule has 1 aromatic heterocycles. The standard InChI is InChI=1S/C15H14FN3OS/c16-9-1-4-14-11(7-9)12(5-6-21-14)19-15(20)13-3-2-10(17)8-18-13/h1-4,7-8,12H,5-6,17H2,(H,19,20). The third-order valence-electron chi connectivity index (χ3n) is 3.34. The van der Waals surface area contributed by atoms with Gasteiger partial charge in [-0.25, -0.2) is 9.37 Å². The number of nitrogens with two attached hydrogens (primary N) is 1. The number of carbonyl (C=O) groups excluding carboxylic acids is 1. The monoisotopic (exact) mass is 303 g/mol. The minimum absolute atomic E-state index is 0.191. The molecule has 21 heavy (non-hydrogen) atoms. The molecule has 1 aliphatic heterocycles. The Hall–Kier alpha value is -2.08. The molecule has 0 saturated carbocycles. The molecule has 2 aromatic rings. The minimum Gasteiger partial charge on any atom is -0.397 e. The molecule has 0 aliphatic carbocycles. The number of pyridine rings is 1. The quantitative estimate of drug-likeness (QED) is 0.895. The van der Waals surface area contributed by atoms with Crippen LogP contribution in [-0.4, -0.2) is 16.6 Å². The number of rotatable bonds is 2. The largest absolute Gasteiger partial charge is 0.397 e. The minimum atomic E-state index is -0.291. The molecule has 0 bridgehead atoms. The van der Waals surface area contributed by atoms with E-state index >= 15 is 0 Å². The number of halogens is 1. The second-order valence-electron chi connectivity index (χ2n) is 4.82. The van der Waals surface area contributed by atoms with E-state index in [2.05, 4.69) is 10.3 Å². The lowest BCUT2D eigenvalue weighted by molar-refractivity contribution is 0.0930. The summed E-state index contributed by atoms with van der Waals surface area (Å²) in [5.74, 6) is 0.321. The van der Waals surface area contributed by atoms with Crippen LogP contribution in [0.4, 0.5) is 10.1 Å². The number of benzene rings is 1. The molecular formula is C15H14FN3OS. The molecule has 1 aromatic carbocycles. The number of hydrogen-bond acceptors (Lipinski definition) is 4. The third kappa shape index (κ3) is 3.00. The van der Waals surface area contributed by atoms with E-state index in [-0.39, 0.29) is 17.8 Å². The van der Waals surface area contributed by atoms with Gasteiger partial charge in [-0.2, -0.15) is 0 Å². The van der Waals surface area contributed by atoms with Crippen LogP contribution in [0, 0.1) is 5.82 Å². The number of nitrogens with one attached hydrogen (secondary N) is 1. The van der Waals surface area contributed by atoms with Crippen LogP contribution in [0.25, 0.3) is 0 Å². The Morgan fingerprint density at radius 3 is 3.00 bits per heavy atom. The van der Waals surface area contributed by atoms with E-state index in [1.165, 1.54) is 18.3 Å². The zero-order valence-electron chi connectivity index (χ0n) is 11.2. The number of fused-ring (bicyclic) bond motifs is 1. The van der Waals surface area contributed by atoms with Crippen molar-refractivity contribution in [3.05, 3.63) is 53.6 Å². The number of thioether (sulfide) groups is 1. The topological polar surface area (TPSA) is 68.0 Å². The van der Waals surface area contributed by atoms with Crippen molar-refractivity contribution < 1.29 is 9.18 Å². The Balaban J connectivity index is 1.81. The first-order chi connectivity index (χ1) is 10.1. The fraction of sp³-hybridized carbons (Fsp3) is 0.200. The Morgan fingerprint density at radius 2 is 2.24 bits per heavy atom. The number of anilines is 1. The highest BCUT2D eigenvalue weighted by molar-refractivity contribution is 7.99.